The molecule has 1 saturated heterocycles. The van der Waals surface area contributed by atoms with Gasteiger partial charge < -0.3 is 10.6 Å². The van der Waals surface area contributed by atoms with E-state index in [9.17, 15) is 4.79 Å². The average molecular weight is 266 g/mol. The molecule has 3 nitrogen and oxygen atoms in total. The van der Waals surface area contributed by atoms with Crippen molar-refractivity contribution in [2.45, 2.75) is 57.4 Å². The molecule has 3 aliphatic rings. The van der Waals surface area contributed by atoms with Gasteiger partial charge in [0.05, 0.1) is 10.4 Å². The summed E-state index contributed by atoms with van der Waals surface area (Å²) in [5.41, 5.74) is 5.39. The van der Waals surface area contributed by atoms with Gasteiger partial charge in [0.2, 0.25) is 5.91 Å². The highest BCUT2D eigenvalue weighted by Crippen LogP contribution is 2.46. The van der Waals surface area contributed by atoms with Crippen molar-refractivity contribution in [2.24, 2.45) is 17.1 Å². The van der Waals surface area contributed by atoms with Gasteiger partial charge in [-0.25, -0.2) is 0 Å². The van der Waals surface area contributed by atoms with E-state index in [4.69, 9.17) is 18.0 Å². The molecule has 2 N–H and O–H groups in total. The molecule has 0 spiro atoms. The molecule has 1 aliphatic heterocycles. The fourth-order valence-electron chi connectivity index (χ4n) is 4.08. The molecule has 0 aromatic carbocycles. The topological polar surface area (TPSA) is 46.3 Å². The number of rotatable bonds is 2. The Bertz CT molecular complexity index is 378. The lowest BCUT2D eigenvalue weighted by Gasteiger charge is -2.47. The van der Waals surface area contributed by atoms with Gasteiger partial charge in [0.15, 0.2) is 0 Å². The zero-order valence-electron chi connectivity index (χ0n) is 10.9. The maximum absolute atomic E-state index is 12.8. The van der Waals surface area contributed by atoms with Gasteiger partial charge in [-0.15, -0.1) is 0 Å². The van der Waals surface area contributed by atoms with Crippen LogP contribution >= 0.6 is 12.2 Å². The Morgan fingerprint density at radius 1 is 1.17 bits per heavy atom. The van der Waals surface area contributed by atoms with Gasteiger partial charge in [-0.3, -0.25) is 4.79 Å². The molecule has 0 radical (unpaired) electrons. The lowest BCUT2D eigenvalue weighted by Crippen LogP contribution is -2.58. The first-order valence-electron chi connectivity index (χ1n) is 7.26. The molecular formula is C14H22N2OS. The number of nitrogens with two attached hydrogens (primary N) is 1. The summed E-state index contributed by atoms with van der Waals surface area (Å²) in [7, 11) is 0. The first kappa shape index (κ1) is 12.4. The largest absolute Gasteiger partial charge is 0.392 e. The Labute approximate surface area is 114 Å². The Kier molecular flexibility index (Phi) is 3.08. The van der Waals surface area contributed by atoms with Crippen LogP contribution in [0.4, 0.5) is 0 Å². The van der Waals surface area contributed by atoms with Crippen LogP contribution in [0, 0.1) is 11.3 Å². The first-order chi connectivity index (χ1) is 8.65. The second-order valence-corrected chi connectivity index (χ2v) is 6.64. The molecule has 3 rings (SSSR count). The van der Waals surface area contributed by atoms with Gasteiger partial charge in [0, 0.05) is 12.6 Å². The predicted molar refractivity (Wildman–Crippen MR) is 75.1 cm³/mol. The summed E-state index contributed by atoms with van der Waals surface area (Å²) >= 11 is 5.18. The SMILES string of the molecule is NC(=S)C1(C(=O)N2CCCC3CCCC32)CCC1. The zero-order chi connectivity index (χ0) is 12.8. The summed E-state index contributed by atoms with van der Waals surface area (Å²) in [5, 5.41) is 0. The number of fused-ring (bicyclic) bond motifs is 1. The summed E-state index contributed by atoms with van der Waals surface area (Å²) in [5.74, 6) is 0.990. The number of carbonyl (C=O) groups excluding carboxylic acids is 1. The highest BCUT2D eigenvalue weighted by molar-refractivity contribution is 7.80. The number of thiocarbonyl (C=S) groups is 1. The summed E-state index contributed by atoms with van der Waals surface area (Å²) < 4.78 is 0. The maximum Gasteiger partial charge on any atom is 0.235 e. The third-order valence-corrected chi connectivity index (χ3v) is 5.73. The molecule has 3 fully saturated rings. The normalized spacial score (nSPS) is 33.7. The van der Waals surface area contributed by atoms with Crippen molar-refractivity contribution in [1.82, 2.24) is 4.90 Å². The van der Waals surface area contributed by atoms with Gasteiger partial charge in [-0.05, 0) is 44.4 Å². The lowest BCUT2D eigenvalue weighted by molar-refractivity contribution is -0.146. The number of piperidine rings is 1. The Hall–Kier alpha value is -0.640. The van der Waals surface area contributed by atoms with E-state index in [1.165, 1.54) is 25.7 Å². The number of hydrogen-bond donors (Lipinski definition) is 1. The van der Waals surface area contributed by atoms with Gasteiger partial charge >= 0.3 is 0 Å². The molecule has 18 heavy (non-hydrogen) atoms. The summed E-state index contributed by atoms with van der Waals surface area (Å²) in [6, 6.07) is 0.484. The second kappa shape index (κ2) is 4.48. The number of likely N-dealkylation sites (tertiary alicyclic amines) is 1. The van der Waals surface area contributed by atoms with E-state index in [0.29, 0.717) is 11.0 Å². The Morgan fingerprint density at radius 3 is 2.50 bits per heavy atom. The predicted octanol–water partition coefficient (Wildman–Crippen LogP) is 2.23. The van der Waals surface area contributed by atoms with Crippen LogP contribution in [-0.2, 0) is 4.79 Å². The molecule has 0 bridgehead atoms. The van der Waals surface area contributed by atoms with Crippen LogP contribution < -0.4 is 5.73 Å². The second-order valence-electron chi connectivity index (χ2n) is 6.20. The van der Waals surface area contributed by atoms with E-state index in [0.717, 1.165) is 38.1 Å². The smallest absolute Gasteiger partial charge is 0.235 e. The Morgan fingerprint density at radius 2 is 1.89 bits per heavy atom. The molecule has 0 aromatic rings. The van der Waals surface area contributed by atoms with E-state index in [-0.39, 0.29) is 5.91 Å². The van der Waals surface area contributed by atoms with Crippen LogP contribution in [0.3, 0.4) is 0 Å². The Balaban J connectivity index is 1.81. The number of nitrogens with zero attached hydrogens (tertiary/aromatic N) is 1. The van der Waals surface area contributed by atoms with Gasteiger partial charge in [0.1, 0.15) is 0 Å². The van der Waals surface area contributed by atoms with Crippen molar-refractivity contribution in [3.8, 4) is 0 Å². The summed E-state index contributed by atoms with van der Waals surface area (Å²) in [6.07, 6.45) is 9.04. The first-order valence-corrected chi connectivity index (χ1v) is 7.67. The van der Waals surface area contributed by atoms with E-state index in [1.54, 1.807) is 0 Å². The molecule has 2 aliphatic carbocycles. The van der Waals surface area contributed by atoms with Gasteiger partial charge in [0.25, 0.3) is 0 Å². The van der Waals surface area contributed by atoms with Crippen LogP contribution in [-0.4, -0.2) is 28.4 Å². The van der Waals surface area contributed by atoms with Crippen LogP contribution in [0.2, 0.25) is 0 Å². The summed E-state index contributed by atoms with van der Waals surface area (Å²) in [4.78, 5) is 15.4. The standard InChI is InChI=1S/C14H22N2OS/c15-12(18)14(7-3-8-14)13(17)16-9-2-5-10-4-1-6-11(10)16/h10-11H,1-9H2,(H2,15,18). The fourth-order valence-corrected chi connectivity index (χ4v) is 4.37. The van der Waals surface area contributed by atoms with Crippen molar-refractivity contribution in [2.75, 3.05) is 6.54 Å². The average Bonchev–Trinajstić information content (AvgIpc) is 2.74. The molecule has 0 aromatic heterocycles. The minimum Gasteiger partial charge on any atom is -0.392 e. The van der Waals surface area contributed by atoms with E-state index < -0.39 is 5.41 Å². The van der Waals surface area contributed by atoms with Crippen molar-refractivity contribution >= 4 is 23.1 Å². The van der Waals surface area contributed by atoms with Crippen molar-refractivity contribution < 1.29 is 4.79 Å². The van der Waals surface area contributed by atoms with Gasteiger partial charge in [-0.2, -0.15) is 0 Å². The third-order valence-electron chi connectivity index (χ3n) is 5.34. The van der Waals surface area contributed by atoms with Crippen LogP contribution in [0.15, 0.2) is 0 Å². The molecule has 4 heteroatoms. The third kappa shape index (κ3) is 1.68. The molecule has 2 atom stereocenters. The molecule has 1 amide bonds. The monoisotopic (exact) mass is 266 g/mol. The molecule has 2 saturated carbocycles. The summed E-state index contributed by atoms with van der Waals surface area (Å²) in [6.45, 7) is 0.921. The van der Waals surface area contributed by atoms with Gasteiger partial charge in [-0.1, -0.05) is 25.1 Å². The zero-order valence-corrected chi connectivity index (χ0v) is 11.7. The maximum atomic E-state index is 12.8. The number of carbonyl (C=O) groups is 1. The highest BCUT2D eigenvalue weighted by Gasteiger charge is 2.51. The van der Waals surface area contributed by atoms with Crippen molar-refractivity contribution in [3.05, 3.63) is 0 Å². The molecule has 100 valence electrons. The van der Waals surface area contributed by atoms with E-state index >= 15 is 0 Å². The molecule has 1 heterocycles. The van der Waals surface area contributed by atoms with Crippen molar-refractivity contribution in [3.63, 3.8) is 0 Å². The minimum atomic E-state index is -0.472. The highest BCUT2D eigenvalue weighted by atomic mass is 32.1. The number of hydrogen-bond acceptors (Lipinski definition) is 2. The fraction of sp³-hybridized carbons (Fsp3) is 0.857. The van der Waals surface area contributed by atoms with Crippen LogP contribution in [0.25, 0.3) is 0 Å². The van der Waals surface area contributed by atoms with Crippen LogP contribution in [0.5, 0.6) is 0 Å². The van der Waals surface area contributed by atoms with E-state index in [2.05, 4.69) is 4.90 Å². The number of amides is 1. The molecular weight excluding hydrogens is 244 g/mol. The van der Waals surface area contributed by atoms with Crippen molar-refractivity contribution in [1.29, 1.82) is 0 Å². The minimum absolute atomic E-state index is 0.248. The lowest BCUT2D eigenvalue weighted by atomic mass is 9.67. The quantitative estimate of drug-likeness (QED) is 0.780. The van der Waals surface area contributed by atoms with Crippen LogP contribution in [0.1, 0.15) is 51.4 Å². The van der Waals surface area contributed by atoms with E-state index in [1.807, 2.05) is 0 Å². The molecule has 2 unspecified atom stereocenters.